The standard InChI is InChI=1S/C13H18N4O3S/c1-3-10-8-16-12(20-10)9-17-21(18,19)11-6-5-7-15-13(11)14-4-2/h5-8,17H,3-4,9H2,1-2H3,(H,14,15). The maximum atomic E-state index is 12.3. The average Bonchev–Trinajstić information content (AvgIpc) is 2.94. The van der Waals surface area contributed by atoms with Gasteiger partial charge in [-0.1, -0.05) is 6.92 Å². The number of aromatic nitrogens is 2. The molecule has 0 unspecified atom stereocenters. The number of nitrogens with one attached hydrogen (secondary N) is 2. The number of rotatable bonds is 7. The van der Waals surface area contributed by atoms with Crippen LogP contribution in [0.1, 0.15) is 25.5 Å². The van der Waals surface area contributed by atoms with Gasteiger partial charge >= 0.3 is 0 Å². The third-order valence-electron chi connectivity index (χ3n) is 2.77. The lowest BCUT2D eigenvalue weighted by atomic mass is 10.4. The van der Waals surface area contributed by atoms with Gasteiger partial charge in [-0.2, -0.15) is 0 Å². The normalized spacial score (nSPS) is 11.5. The molecular weight excluding hydrogens is 292 g/mol. The van der Waals surface area contributed by atoms with Crippen LogP contribution in [0.15, 0.2) is 33.8 Å². The maximum Gasteiger partial charge on any atom is 0.244 e. The molecule has 0 saturated heterocycles. The fourth-order valence-electron chi connectivity index (χ4n) is 1.74. The second-order valence-electron chi connectivity index (χ2n) is 4.28. The zero-order valence-corrected chi connectivity index (χ0v) is 12.8. The van der Waals surface area contributed by atoms with Gasteiger partial charge in [0.05, 0.1) is 12.7 Å². The Kier molecular flexibility index (Phi) is 4.92. The highest BCUT2D eigenvalue weighted by Gasteiger charge is 2.19. The van der Waals surface area contributed by atoms with Gasteiger partial charge in [0.2, 0.25) is 15.9 Å². The van der Waals surface area contributed by atoms with Crippen LogP contribution in [0, 0.1) is 0 Å². The average molecular weight is 310 g/mol. The third kappa shape index (κ3) is 3.79. The Hall–Kier alpha value is -1.93. The first-order valence-electron chi connectivity index (χ1n) is 6.69. The molecule has 0 aliphatic rings. The molecule has 0 aromatic carbocycles. The van der Waals surface area contributed by atoms with E-state index in [0.717, 1.165) is 5.76 Å². The van der Waals surface area contributed by atoms with Gasteiger partial charge in [-0.3, -0.25) is 0 Å². The summed E-state index contributed by atoms with van der Waals surface area (Å²) < 4.78 is 32.5. The second kappa shape index (κ2) is 6.68. The zero-order valence-electron chi connectivity index (χ0n) is 12.0. The summed E-state index contributed by atoms with van der Waals surface area (Å²) in [5, 5.41) is 2.92. The topological polar surface area (TPSA) is 97.1 Å². The summed E-state index contributed by atoms with van der Waals surface area (Å²) >= 11 is 0. The van der Waals surface area contributed by atoms with Crippen LogP contribution >= 0.6 is 0 Å². The van der Waals surface area contributed by atoms with E-state index in [2.05, 4.69) is 20.0 Å². The minimum atomic E-state index is -3.68. The van der Waals surface area contributed by atoms with E-state index in [1.807, 2.05) is 13.8 Å². The van der Waals surface area contributed by atoms with Gasteiger partial charge < -0.3 is 9.73 Å². The number of hydrogen-bond acceptors (Lipinski definition) is 6. The SMILES string of the molecule is CCNc1ncccc1S(=O)(=O)NCc1ncc(CC)o1. The van der Waals surface area contributed by atoms with E-state index >= 15 is 0 Å². The van der Waals surface area contributed by atoms with Crippen molar-refractivity contribution in [3.8, 4) is 0 Å². The molecule has 2 aromatic rings. The van der Waals surface area contributed by atoms with Crippen molar-refractivity contribution in [2.24, 2.45) is 0 Å². The first-order chi connectivity index (χ1) is 10.1. The molecule has 114 valence electrons. The summed E-state index contributed by atoms with van der Waals surface area (Å²) in [5.41, 5.74) is 0. The smallest absolute Gasteiger partial charge is 0.244 e. The Balaban J connectivity index is 2.14. The van der Waals surface area contributed by atoms with Gasteiger partial charge in [-0.05, 0) is 19.1 Å². The number of nitrogens with zero attached hydrogens (tertiary/aromatic N) is 2. The van der Waals surface area contributed by atoms with Gasteiger partial charge in [0.25, 0.3) is 0 Å². The van der Waals surface area contributed by atoms with E-state index in [1.54, 1.807) is 18.5 Å². The second-order valence-corrected chi connectivity index (χ2v) is 6.01. The largest absolute Gasteiger partial charge is 0.444 e. The molecule has 0 aliphatic heterocycles. The summed E-state index contributed by atoms with van der Waals surface area (Å²) in [6.45, 7) is 4.40. The Morgan fingerprint density at radius 2 is 2.10 bits per heavy atom. The molecule has 2 N–H and O–H groups in total. The monoisotopic (exact) mass is 310 g/mol. The van der Waals surface area contributed by atoms with Gasteiger partial charge in [-0.25, -0.2) is 23.1 Å². The molecule has 21 heavy (non-hydrogen) atoms. The minimum absolute atomic E-state index is 0.00277. The van der Waals surface area contributed by atoms with E-state index in [9.17, 15) is 8.42 Å². The first-order valence-corrected chi connectivity index (χ1v) is 8.17. The molecule has 0 saturated carbocycles. The molecule has 2 rings (SSSR count). The molecule has 0 amide bonds. The Labute approximate surface area is 123 Å². The molecule has 0 aliphatic carbocycles. The molecular formula is C13H18N4O3S. The highest BCUT2D eigenvalue weighted by Crippen LogP contribution is 2.18. The molecule has 0 fully saturated rings. The van der Waals surface area contributed by atoms with E-state index in [1.165, 1.54) is 6.07 Å². The van der Waals surface area contributed by atoms with Crippen molar-refractivity contribution in [3.63, 3.8) is 0 Å². The lowest BCUT2D eigenvalue weighted by Gasteiger charge is -2.10. The van der Waals surface area contributed by atoms with Crippen LogP contribution in [0.4, 0.5) is 5.82 Å². The van der Waals surface area contributed by atoms with Crippen LogP contribution in [0.25, 0.3) is 0 Å². The summed E-state index contributed by atoms with van der Waals surface area (Å²) in [6, 6.07) is 3.08. The van der Waals surface area contributed by atoms with Crippen molar-refractivity contribution in [2.75, 3.05) is 11.9 Å². The lowest BCUT2D eigenvalue weighted by molar-refractivity contribution is 0.452. The number of anilines is 1. The highest BCUT2D eigenvalue weighted by atomic mass is 32.2. The number of sulfonamides is 1. The summed E-state index contributed by atoms with van der Waals surface area (Å²) in [7, 11) is -3.68. The van der Waals surface area contributed by atoms with Crippen LogP contribution in [-0.4, -0.2) is 24.9 Å². The van der Waals surface area contributed by atoms with Crippen LogP contribution in [0.3, 0.4) is 0 Å². The van der Waals surface area contributed by atoms with E-state index < -0.39 is 10.0 Å². The number of aryl methyl sites for hydroxylation is 1. The fraction of sp³-hybridized carbons (Fsp3) is 0.385. The van der Waals surface area contributed by atoms with Crippen LogP contribution in [-0.2, 0) is 23.0 Å². The molecule has 2 heterocycles. The van der Waals surface area contributed by atoms with Crippen LogP contribution < -0.4 is 10.0 Å². The molecule has 0 radical (unpaired) electrons. The molecule has 8 heteroatoms. The van der Waals surface area contributed by atoms with E-state index in [-0.39, 0.29) is 11.4 Å². The molecule has 0 atom stereocenters. The number of oxazole rings is 1. The summed E-state index contributed by atoms with van der Waals surface area (Å²) in [6.07, 6.45) is 3.85. The first kappa shape index (κ1) is 15.5. The van der Waals surface area contributed by atoms with Crippen molar-refractivity contribution in [3.05, 3.63) is 36.2 Å². The van der Waals surface area contributed by atoms with Crippen molar-refractivity contribution < 1.29 is 12.8 Å². The van der Waals surface area contributed by atoms with E-state index in [4.69, 9.17) is 4.42 Å². The molecule has 0 spiro atoms. The van der Waals surface area contributed by atoms with Crippen molar-refractivity contribution in [2.45, 2.75) is 31.7 Å². The van der Waals surface area contributed by atoms with Gasteiger partial charge in [-0.15, -0.1) is 0 Å². The Bertz CT molecular complexity index is 697. The minimum Gasteiger partial charge on any atom is -0.444 e. The number of hydrogen-bond donors (Lipinski definition) is 2. The molecule has 7 nitrogen and oxygen atoms in total. The number of pyridine rings is 1. The molecule has 0 bridgehead atoms. The van der Waals surface area contributed by atoms with Crippen molar-refractivity contribution >= 4 is 15.8 Å². The van der Waals surface area contributed by atoms with Gasteiger partial charge in [0.1, 0.15) is 16.5 Å². The predicted octanol–water partition coefficient (Wildman–Crippen LogP) is 1.54. The third-order valence-corrected chi connectivity index (χ3v) is 4.20. The quantitative estimate of drug-likeness (QED) is 0.805. The van der Waals surface area contributed by atoms with Crippen LogP contribution in [0.2, 0.25) is 0 Å². The predicted molar refractivity (Wildman–Crippen MR) is 78.3 cm³/mol. The Morgan fingerprint density at radius 1 is 1.29 bits per heavy atom. The van der Waals surface area contributed by atoms with Crippen molar-refractivity contribution in [1.29, 1.82) is 0 Å². The zero-order chi connectivity index (χ0) is 15.3. The molecule has 2 aromatic heterocycles. The van der Waals surface area contributed by atoms with Crippen LogP contribution in [0.5, 0.6) is 0 Å². The van der Waals surface area contributed by atoms with Gasteiger partial charge in [0, 0.05) is 19.2 Å². The fourth-order valence-corrected chi connectivity index (χ4v) is 2.84. The summed E-state index contributed by atoms with van der Waals surface area (Å²) in [5.74, 6) is 1.39. The lowest BCUT2D eigenvalue weighted by Crippen LogP contribution is -2.24. The highest BCUT2D eigenvalue weighted by molar-refractivity contribution is 7.89. The Morgan fingerprint density at radius 3 is 2.76 bits per heavy atom. The van der Waals surface area contributed by atoms with Gasteiger partial charge in [0.15, 0.2) is 0 Å². The van der Waals surface area contributed by atoms with Crippen molar-refractivity contribution in [1.82, 2.24) is 14.7 Å². The summed E-state index contributed by atoms with van der Waals surface area (Å²) in [4.78, 5) is 8.16. The maximum absolute atomic E-state index is 12.3. The van der Waals surface area contributed by atoms with E-state index in [0.29, 0.717) is 24.7 Å².